The van der Waals surface area contributed by atoms with Crippen molar-refractivity contribution in [2.75, 3.05) is 12.8 Å². The van der Waals surface area contributed by atoms with Crippen molar-refractivity contribution in [2.45, 2.75) is 11.8 Å². The number of likely N-dealkylation sites (N-methyl/N-ethyl adjacent to an activating group) is 1. The van der Waals surface area contributed by atoms with Crippen molar-refractivity contribution in [2.24, 2.45) is 0 Å². The van der Waals surface area contributed by atoms with Crippen LogP contribution in [0.2, 0.25) is 0 Å². The summed E-state index contributed by atoms with van der Waals surface area (Å²) in [6.07, 6.45) is 2.98. The molecule has 0 bridgehead atoms. The molecule has 18 heavy (non-hydrogen) atoms. The molecular formula is C13H13NO3S. The summed E-state index contributed by atoms with van der Waals surface area (Å²) >= 11 is 1.64. The molecule has 1 aliphatic rings. The van der Waals surface area contributed by atoms with Crippen LogP contribution in [0, 0.1) is 0 Å². The number of thioether (sulfide) groups is 1. The third-order valence-corrected chi connectivity index (χ3v) is 3.35. The normalized spacial score (nSPS) is 17.4. The first-order valence-electron chi connectivity index (χ1n) is 5.55. The van der Waals surface area contributed by atoms with Crippen LogP contribution in [0.15, 0.2) is 34.9 Å². The highest BCUT2D eigenvalue weighted by atomic mass is 32.2. The van der Waals surface area contributed by atoms with Crippen LogP contribution in [0.3, 0.4) is 0 Å². The van der Waals surface area contributed by atoms with E-state index in [0.29, 0.717) is 6.54 Å². The predicted octanol–water partition coefficient (Wildman–Crippen LogP) is 2.75. The molecule has 2 rings (SSSR count). The molecule has 0 aliphatic carbocycles. The number of carbonyl (C=O) groups is 2. The minimum absolute atomic E-state index is 0.0822. The molecule has 1 saturated heterocycles. The van der Waals surface area contributed by atoms with Gasteiger partial charge in [0.2, 0.25) is 0 Å². The van der Waals surface area contributed by atoms with E-state index in [1.807, 2.05) is 30.5 Å². The van der Waals surface area contributed by atoms with E-state index in [9.17, 15) is 9.59 Å². The summed E-state index contributed by atoms with van der Waals surface area (Å²) in [5.74, 6) is -0.296. The van der Waals surface area contributed by atoms with Gasteiger partial charge in [-0.15, -0.1) is 11.8 Å². The molecule has 4 nitrogen and oxygen atoms in total. The van der Waals surface area contributed by atoms with Crippen LogP contribution in [-0.4, -0.2) is 29.7 Å². The largest absolute Gasteiger partial charge is 0.422 e. The van der Waals surface area contributed by atoms with Gasteiger partial charge in [0.25, 0.3) is 5.91 Å². The standard InChI is InChI=1S/C13H13NO3S/c1-3-14-12(15)11(17-13(14)16)8-9-4-6-10(18-2)7-5-9/h4-8H,3H2,1-2H3. The lowest BCUT2D eigenvalue weighted by atomic mass is 10.2. The zero-order chi connectivity index (χ0) is 13.1. The van der Waals surface area contributed by atoms with Gasteiger partial charge in [-0.2, -0.15) is 0 Å². The Balaban J connectivity index is 2.23. The Morgan fingerprint density at radius 1 is 1.28 bits per heavy atom. The van der Waals surface area contributed by atoms with Crippen LogP contribution in [0.25, 0.3) is 6.08 Å². The molecule has 0 unspecified atom stereocenters. The Hall–Kier alpha value is -1.75. The summed E-state index contributed by atoms with van der Waals surface area (Å²) in [5, 5.41) is 0. The maximum Gasteiger partial charge on any atom is 0.422 e. The maximum atomic E-state index is 11.8. The highest BCUT2D eigenvalue weighted by Crippen LogP contribution is 2.21. The number of carbonyl (C=O) groups excluding carboxylic acids is 2. The zero-order valence-corrected chi connectivity index (χ0v) is 11.0. The summed E-state index contributed by atoms with van der Waals surface area (Å²) in [4.78, 5) is 25.3. The Kier molecular flexibility index (Phi) is 3.72. The quantitative estimate of drug-likeness (QED) is 0.621. The number of hydrogen-bond acceptors (Lipinski definition) is 4. The fourth-order valence-corrected chi connectivity index (χ4v) is 2.03. The second kappa shape index (κ2) is 5.27. The van der Waals surface area contributed by atoms with Gasteiger partial charge in [0.05, 0.1) is 0 Å². The van der Waals surface area contributed by atoms with Crippen molar-refractivity contribution in [1.29, 1.82) is 0 Å². The first-order chi connectivity index (χ1) is 8.65. The molecular weight excluding hydrogens is 250 g/mol. The van der Waals surface area contributed by atoms with Crippen molar-refractivity contribution in [3.63, 3.8) is 0 Å². The zero-order valence-electron chi connectivity index (χ0n) is 10.2. The van der Waals surface area contributed by atoms with Gasteiger partial charge >= 0.3 is 6.09 Å². The third-order valence-electron chi connectivity index (χ3n) is 2.60. The van der Waals surface area contributed by atoms with Crippen LogP contribution in [0.4, 0.5) is 4.79 Å². The second-order valence-corrected chi connectivity index (χ2v) is 4.58. The van der Waals surface area contributed by atoms with Gasteiger partial charge in [-0.3, -0.25) is 4.79 Å². The third kappa shape index (κ3) is 2.41. The van der Waals surface area contributed by atoms with Gasteiger partial charge in [-0.1, -0.05) is 12.1 Å². The summed E-state index contributed by atoms with van der Waals surface area (Å²) < 4.78 is 4.93. The molecule has 1 aromatic rings. The van der Waals surface area contributed by atoms with Gasteiger partial charge in [0.1, 0.15) is 0 Å². The van der Waals surface area contributed by atoms with Crippen LogP contribution in [0.5, 0.6) is 0 Å². The van der Waals surface area contributed by atoms with E-state index in [0.717, 1.165) is 15.4 Å². The van der Waals surface area contributed by atoms with E-state index >= 15 is 0 Å². The monoisotopic (exact) mass is 263 g/mol. The van der Waals surface area contributed by atoms with E-state index in [1.165, 1.54) is 0 Å². The number of nitrogens with zero attached hydrogens (tertiary/aromatic N) is 1. The Morgan fingerprint density at radius 3 is 2.44 bits per heavy atom. The molecule has 0 spiro atoms. The summed E-state index contributed by atoms with van der Waals surface area (Å²) in [6, 6.07) is 7.68. The Labute approximate surface area is 110 Å². The number of cyclic esters (lactones) is 1. The lowest BCUT2D eigenvalue weighted by Crippen LogP contribution is -2.28. The molecule has 0 radical (unpaired) electrons. The number of amides is 2. The molecule has 0 saturated carbocycles. The highest BCUT2D eigenvalue weighted by Gasteiger charge is 2.34. The average molecular weight is 263 g/mol. The van der Waals surface area contributed by atoms with Crippen LogP contribution < -0.4 is 0 Å². The van der Waals surface area contributed by atoms with E-state index in [-0.39, 0.29) is 11.7 Å². The topological polar surface area (TPSA) is 46.6 Å². The van der Waals surface area contributed by atoms with Gasteiger partial charge in [-0.25, -0.2) is 9.69 Å². The molecule has 94 valence electrons. The first-order valence-corrected chi connectivity index (χ1v) is 6.77. The van der Waals surface area contributed by atoms with E-state index < -0.39 is 6.09 Å². The van der Waals surface area contributed by atoms with Crippen molar-refractivity contribution in [1.82, 2.24) is 4.90 Å². The molecule has 0 N–H and O–H groups in total. The van der Waals surface area contributed by atoms with Gasteiger partial charge in [-0.05, 0) is 37.0 Å². The number of rotatable bonds is 3. The molecule has 5 heteroatoms. The minimum Gasteiger partial charge on any atom is -0.404 e. The van der Waals surface area contributed by atoms with E-state index in [4.69, 9.17) is 4.74 Å². The summed E-state index contributed by atoms with van der Waals surface area (Å²) in [5.41, 5.74) is 0.835. The van der Waals surface area contributed by atoms with Crippen LogP contribution >= 0.6 is 11.8 Å². The molecule has 1 fully saturated rings. The lowest BCUT2D eigenvalue weighted by Gasteiger charge is -2.03. The lowest BCUT2D eigenvalue weighted by molar-refractivity contribution is -0.123. The molecule has 1 heterocycles. The maximum absolute atomic E-state index is 11.8. The van der Waals surface area contributed by atoms with Crippen LogP contribution in [0.1, 0.15) is 12.5 Å². The number of ether oxygens (including phenoxy) is 1. The molecule has 0 aromatic heterocycles. The van der Waals surface area contributed by atoms with Gasteiger partial charge in [0.15, 0.2) is 5.76 Å². The van der Waals surface area contributed by atoms with E-state index in [1.54, 1.807) is 24.8 Å². The summed E-state index contributed by atoms with van der Waals surface area (Å²) in [6.45, 7) is 2.05. The minimum atomic E-state index is -0.602. The smallest absolute Gasteiger partial charge is 0.404 e. The van der Waals surface area contributed by atoms with Crippen LogP contribution in [-0.2, 0) is 9.53 Å². The molecule has 0 atom stereocenters. The SMILES string of the molecule is CCN1C(=O)OC(=Cc2ccc(SC)cc2)C1=O. The van der Waals surface area contributed by atoms with Gasteiger partial charge < -0.3 is 4.74 Å². The van der Waals surface area contributed by atoms with Crippen molar-refractivity contribution in [3.8, 4) is 0 Å². The molecule has 1 aromatic carbocycles. The Bertz CT molecular complexity index is 507. The van der Waals surface area contributed by atoms with E-state index in [2.05, 4.69) is 0 Å². The molecule has 2 amide bonds. The first kappa shape index (κ1) is 12.7. The average Bonchev–Trinajstić information content (AvgIpc) is 2.65. The Morgan fingerprint density at radius 2 is 1.94 bits per heavy atom. The van der Waals surface area contributed by atoms with Crippen molar-refractivity contribution >= 4 is 29.8 Å². The van der Waals surface area contributed by atoms with Gasteiger partial charge in [0, 0.05) is 11.4 Å². The summed E-state index contributed by atoms with van der Waals surface area (Å²) in [7, 11) is 0. The van der Waals surface area contributed by atoms with Crippen molar-refractivity contribution < 1.29 is 14.3 Å². The molecule has 1 aliphatic heterocycles. The second-order valence-electron chi connectivity index (χ2n) is 3.70. The highest BCUT2D eigenvalue weighted by molar-refractivity contribution is 7.98. The fourth-order valence-electron chi connectivity index (χ4n) is 1.62. The fraction of sp³-hybridized carbons (Fsp3) is 0.231. The number of benzene rings is 1. The number of imide groups is 1. The predicted molar refractivity (Wildman–Crippen MR) is 70.1 cm³/mol. The van der Waals surface area contributed by atoms with Crippen molar-refractivity contribution in [3.05, 3.63) is 35.6 Å². The number of hydrogen-bond donors (Lipinski definition) is 0.